The zero-order valence-electron chi connectivity index (χ0n) is 8.59. The van der Waals surface area contributed by atoms with E-state index in [1.165, 1.54) is 18.4 Å². The van der Waals surface area contributed by atoms with Crippen molar-refractivity contribution in [2.45, 2.75) is 25.7 Å². The molecule has 1 aromatic rings. The van der Waals surface area contributed by atoms with Gasteiger partial charge in [0.25, 0.3) is 0 Å². The molecule has 1 heterocycles. The van der Waals surface area contributed by atoms with Gasteiger partial charge in [0.05, 0.1) is 0 Å². The standard InChI is InChI=1S/C12H17NO/c1-9-4-5-12(14)11(7-9)10-3-2-6-13-8-10/h4-5,7,10,13-14H,2-3,6,8H2,1H3. The Kier molecular flexibility index (Phi) is 2.73. The monoisotopic (exact) mass is 191 g/mol. The van der Waals surface area contributed by atoms with Crippen LogP contribution in [-0.2, 0) is 0 Å². The fourth-order valence-electron chi connectivity index (χ4n) is 2.12. The first kappa shape index (κ1) is 9.53. The Balaban J connectivity index is 2.24. The fraction of sp³-hybridized carbons (Fsp3) is 0.500. The van der Waals surface area contributed by atoms with Gasteiger partial charge in [0.1, 0.15) is 5.75 Å². The van der Waals surface area contributed by atoms with Crippen LogP contribution in [-0.4, -0.2) is 18.2 Å². The normalized spacial score (nSPS) is 22.2. The molecule has 0 bridgehead atoms. The Morgan fingerprint density at radius 1 is 1.43 bits per heavy atom. The third-order valence-electron chi connectivity index (χ3n) is 2.92. The van der Waals surface area contributed by atoms with Crippen LogP contribution >= 0.6 is 0 Å². The van der Waals surface area contributed by atoms with Crippen molar-refractivity contribution >= 4 is 0 Å². The van der Waals surface area contributed by atoms with Crippen molar-refractivity contribution in [2.24, 2.45) is 0 Å². The van der Waals surface area contributed by atoms with E-state index < -0.39 is 0 Å². The summed E-state index contributed by atoms with van der Waals surface area (Å²) in [7, 11) is 0. The maximum Gasteiger partial charge on any atom is 0.119 e. The summed E-state index contributed by atoms with van der Waals surface area (Å²) in [5, 5.41) is 13.1. The minimum Gasteiger partial charge on any atom is -0.508 e. The lowest BCUT2D eigenvalue weighted by molar-refractivity contribution is 0.425. The quantitative estimate of drug-likeness (QED) is 0.713. The lowest BCUT2D eigenvalue weighted by Crippen LogP contribution is -2.28. The highest BCUT2D eigenvalue weighted by atomic mass is 16.3. The van der Waals surface area contributed by atoms with Gasteiger partial charge in [-0.2, -0.15) is 0 Å². The van der Waals surface area contributed by atoms with Crippen molar-refractivity contribution < 1.29 is 5.11 Å². The van der Waals surface area contributed by atoms with E-state index in [0.717, 1.165) is 18.7 Å². The number of aromatic hydroxyl groups is 1. The van der Waals surface area contributed by atoms with Crippen LogP contribution in [0.5, 0.6) is 5.75 Å². The molecule has 0 spiro atoms. The molecular formula is C12H17NO. The molecule has 0 aromatic heterocycles. The van der Waals surface area contributed by atoms with Crippen LogP contribution in [0, 0.1) is 6.92 Å². The summed E-state index contributed by atoms with van der Waals surface area (Å²) in [6.07, 6.45) is 2.39. The number of phenolic OH excluding ortho intramolecular Hbond substituents is 1. The summed E-state index contributed by atoms with van der Waals surface area (Å²) >= 11 is 0. The zero-order valence-corrected chi connectivity index (χ0v) is 8.59. The molecule has 0 radical (unpaired) electrons. The van der Waals surface area contributed by atoms with Gasteiger partial charge < -0.3 is 10.4 Å². The third-order valence-corrected chi connectivity index (χ3v) is 2.92. The van der Waals surface area contributed by atoms with Gasteiger partial charge >= 0.3 is 0 Å². The lowest BCUT2D eigenvalue weighted by Gasteiger charge is -2.24. The Morgan fingerprint density at radius 2 is 2.29 bits per heavy atom. The van der Waals surface area contributed by atoms with Crippen molar-refractivity contribution in [3.05, 3.63) is 29.3 Å². The molecule has 2 heteroatoms. The minimum atomic E-state index is 0.448. The second-order valence-electron chi connectivity index (χ2n) is 4.11. The Morgan fingerprint density at radius 3 is 3.00 bits per heavy atom. The second kappa shape index (κ2) is 4.01. The second-order valence-corrected chi connectivity index (χ2v) is 4.11. The molecule has 1 saturated heterocycles. The molecule has 1 aliphatic heterocycles. The van der Waals surface area contributed by atoms with Crippen LogP contribution in [0.3, 0.4) is 0 Å². The van der Waals surface area contributed by atoms with Crippen LogP contribution in [0.25, 0.3) is 0 Å². The Labute approximate surface area is 85.0 Å². The van der Waals surface area contributed by atoms with Gasteiger partial charge in [-0.15, -0.1) is 0 Å². The summed E-state index contributed by atoms with van der Waals surface area (Å²) in [5.74, 6) is 0.938. The van der Waals surface area contributed by atoms with Crippen LogP contribution in [0.4, 0.5) is 0 Å². The van der Waals surface area contributed by atoms with Gasteiger partial charge in [0.2, 0.25) is 0 Å². The van der Waals surface area contributed by atoms with Gasteiger partial charge in [0, 0.05) is 12.5 Å². The third kappa shape index (κ3) is 1.90. The van der Waals surface area contributed by atoms with E-state index in [2.05, 4.69) is 18.3 Å². The summed E-state index contributed by atoms with van der Waals surface area (Å²) in [5.41, 5.74) is 2.33. The molecular weight excluding hydrogens is 174 g/mol. The van der Waals surface area contributed by atoms with Gasteiger partial charge in [-0.1, -0.05) is 17.7 Å². The van der Waals surface area contributed by atoms with Crippen molar-refractivity contribution in [3.8, 4) is 5.75 Å². The molecule has 1 aliphatic rings. The number of rotatable bonds is 1. The number of phenols is 1. The molecule has 14 heavy (non-hydrogen) atoms. The van der Waals surface area contributed by atoms with Gasteiger partial charge in [-0.25, -0.2) is 0 Å². The van der Waals surface area contributed by atoms with Crippen LogP contribution in [0.2, 0.25) is 0 Å². The predicted molar refractivity (Wildman–Crippen MR) is 57.7 cm³/mol. The van der Waals surface area contributed by atoms with Crippen LogP contribution in [0.15, 0.2) is 18.2 Å². The number of benzene rings is 1. The molecule has 0 aliphatic carbocycles. The topological polar surface area (TPSA) is 32.3 Å². The van der Waals surface area contributed by atoms with E-state index in [1.54, 1.807) is 6.07 Å². The maximum atomic E-state index is 9.76. The van der Waals surface area contributed by atoms with E-state index in [-0.39, 0.29) is 0 Å². The van der Waals surface area contributed by atoms with Crippen LogP contribution in [0.1, 0.15) is 29.9 Å². The Bertz CT molecular complexity index is 316. The Hall–Kier alpha value is -1.02. The van der Waals surface area contributed by atoms with Gasteiger partial charge in [-0.05, 0) is 37.9 Å². The van der Waals surface area contributed by atoms with Crippen LogP contribution < -0.4 is 5.32 Å². The lowest BCUT2D eigenvalue weighted by atomic mass is 9.90. The molecule has 1 atom stereocenters. The van der Waals surface area contributed by atoms with E-state index in [0.29, 0.717) is 11.7 Å². The molecule has 1 aromatic carbocycles. The average molecular weight is 191 g/mol. The van der Waals surface area contributed by atoms with Gasteiger partial charge in [0.15, 0.2) is 0 Å². The molecule has 1 unspecified atom stereocenters. The molecule has 0 amide bonds. The van der Waals surface area contributed by atoms with Crippen molar-refractivity contribution in [1.29, 1.82) is 0 Å². The smallest absolute Gasteiger partial charge is 0.119 e. The number of aryl methyl sites for hydroxylation is 1. The molecule has 2 nitrogen and oxygen atoms in total. The van der Waals surface area contributed by atoms with Crippen molar-refractivity contribution in [2.75, 3.05) is 13.1 Å². The number of hydrogen-bond acceptors (Lipinski definition) is 2. The van der Waals surface area contributed by atoms with Crippen molar-refractivity contribution in [3.63, 3.8) is 0 Å². The van der Waals surface area contributed by atoms with E-state index in [1.807, 2.05) is 6.07 Å². The highest BCUT2D eigenvalue weighted by molar-refractivity contribution is 5.38. The molecule has 1 fully saturated rings. The number of hydrogen-bond donors (Lipinski definition) is 2. The summed E-state index contributed by atoms with van der Waals surface area (Å²) in [4.78, 5) is 0. The zero-order chi connectivity index (χ0) is 9.97. The number of piperidine rings is 1. The maximum absolute atomic E-state index is 9.76. The van der Waals surface area contributed by atoms with Gasteiger partial charge in [-0.3, -0.25) is 0 Å². The first-order valence-corrected chi connectivity index (χ1v) is 5.27. The summed E-state index contributed by atoms with van der Waals surface area (Å²) < 4.78 is 0. The predicted octanol–water partition coefficient (Wildman–Crippen LogP) is 2.17. The highest BCUT2D eigenvalue weighted by Gasteiger charge is 2.17. The summed E-state index contributed by atoms with van der Waals surface area (Å²) in [6, 6.07) is 5.86. The van der Waals surface area contributed by atoms with E-state index >= 15 is 0 Å². The molecule has 2 rings (SSSR count). The minimum absolute atomic E-state index is 0.448. The fourth-order valence-corrected chi connectivity index (χ4v) is 2.12. The molecule has 2 N–H and O–H groups in total. The van der Waals surface area contributed by atoms with E-state index in [4.69, 9.17) is 0 Å². The molecule has 0 saturated carbocycles. The largest absolute Gasteiger partial charge is 0.508 e. The SMILES string of the molecule is Cc1ccc(O)c(C2CCCNC2)c1. The van der Waals surface area contributed by atoms with E-state index in [9.17, 15) is 5.11 Å². The number of nitrogens with one attached hydrogen (secondary N) is 1. The first-order chi connectivity index (χ1) is 6.77. The molecule has 76 valence electrons. The average Bonchev–Trinajstić information content (AvgIpc) is 2.23. The summed E-state index contributed by atoms with van der Waals surface area (Å²) in [6.45, 7) is 4.18. The highest BCUT2D eigenvalue weighted by Crippen LogP contribution is 2.30. The first-order valence-electron chi connectivity index (χ1n) is 5.27. The van der Waals surface area contributed by atoms with Crippen molar-refractivity contribution in [1.82, 2.24) is 5.32 Å².